The smallest absolute Gasteiger partial charge is 0.156 e. The van der Waals surface area contributed by atoms with Crippen LogP contribution in [0.15, 0.2) is 6.33 Å². The molecular weight excluding hydrogens is 242 g/mol. The molecule has 0 radical (unpaired) electrons. The largest absolute Gasteiger partial charge is 0.383 e. The van der Waals surface area contributed by atoms with E-state index >= 15 is 0 Å². The molecule has 0 spiro atoms. The third-order valence-electron chi connectivity index (χ3n) is 2.48. The molecule has 1 aromatic heterocycles. The maximum absolute atomic E-state index is 11.0. The zero-order valence-corrected chi connectivity index (χ0v) is 10.9. The van der Waals surface area contributed by atoms with E-state index in [-0.39, 0.29) is 11.2 Å². The molecule has 0 N–H and O–H groups in total. The van der Waals surface area contributed by atoms with Crippen molar-refractivity contribution >= 4 is 23.7 Å². The van der Waals surface area contributed by atoms with Gasteiger partial charge in [-0.25, -0.2) is 9.97 Å². The molecule has 1 heterocycles. The summed E-state index contributed by atoms with van der Waals surface area (Å²) in [5, 5.41) is 0.174. The van der Waals surface area contributed by atoms with E-state index in [9.17, 15) is 4.79 Å². The van der Waals surface area contributed by atoms with Gasteiger partial charge in [-0.2, -0.15) is 0 Å². The third-order valence-corrected chi connectivity index (χ3v) is 2.79. The Bertz CT molecular complexity index is 387. The number of carbonyl (C=O) groups excluding carboxylic acids is 1. The predicted molar refractivity (Wildman–Crippen MR) is 66.8 cm³/mol. The Morgan fingerprint density at radius 3 is 2.82 bits per heavy atom. The van der Waals surface area contributed by atoms with Gasteiger partial charge < -0.3 is 9.64 Å². The molecule has 1 aromatic rings. The van der Waals surface area contributed by atoms with Gasteiger partial charge >= 0.3 is 0 Å². The number of ether oxygens (including phenoxy) is 1. The Morgan fingerprint density at radius 2 is 2.29 bits per heavy atom. The Hall–Kier alpha value is -1.20. The van der Waals surface area contributed by atoms with E-state index in [0.717, 1.165) is 0 Å². The van der Waals surface area contributed by atoms with E-state index in [4.69, 9.17) is 16.3 Å². The van der Waals surface area contributed by atoms with Crippen molar-refractivity contribution in [2.75, 3.05) is 25.2 Å². The van der Waals surface area contributed by atoms with Gasteiger partial charge in [0.25, 0.3) is 0 Å². The Morgan fingerprint density at radius 1 is 1.59 bits per heavy atom. The van der Waals surface area contributed by atoms with Crippen LogP contribution in [0.25, 0.3) is 0 Å². The summed E-state index contributed by atoms with van der Waals surface area (Å²) in [4.78, 5) is 20.9. The van der Waals surface area contributed by atoms with Crippen molar-refractivity contribution < 1.29 is 9.53 Å². The molecule has 94 valence electrons. The Balaban J connectivity index is 3.11. The van der Waals surface area contributed by atoms with Crippen molar-refractivity contribution in [1.82, 2.24) is 9.97 Å². The molecule has 1 rings (SSSR count). The summed E-state index contributed by atoms with van der Waals surface area (Å²) < 4.78 is 5.11. The quantitative estimate of drug-likeness (QED) is 0.575. The van der Waals surface area contributed by atoms with Gasteiger partial charge in [0.15, 0.2) is 6.29 Å². The molecule has 17 heavy (non-hydrogen) atoms. The first-order chi connectivity index (χ1) is 8.15. The van der Waals surface area contributed by atoms with Crippen molar-refractivity contribution in [3.63, 3.8) is 0 Å². The number of methoxy groups -OCH3 is 1. The van der Waals surface area contributed by atoms with Gasteiger partial charge in [-0.3, -0.25) is 4.79 Å². The summed E-state index contributed by atoms with van der Waals surface area (Å²) in [6.07, 6.45) is 2.03. The van der Waals surface area contributed by atoms with Crippen LogP contribution in [0.4, 0.5) is 5.82 Å². The van der Waals surface area contributed by atoms with Crippen molar-refractivity contribution in [3.8, 4) is 0 Å². The van der Waals surface area contributed by atoms with Crippen LogP contribution < -0.4 is 4.90 Å². The van der Waals surface area contributed by atoms with Crippen LogP contribution in [-0.4, -0.2) is 42.6 Å². The average Bonchev–Trinajstić information content (AvgIpc) is 2.30. The van der Waals surface area contributed by atoms with E-state index < -0.39 is 0 Å². The number of hydrogen-bond donors (Lipinski definition) is 0. The van der Waals surface area contributed by atoms with Gasteiger partial charge in [0.05, 0.1) is 18.2 Å². The number of nitrogens with zero attached hydrogens (tertiary/aromatic N) is 3. The summed E-state index contributed by atoms with van der Waals surface area (Å²) in [5.41, 5.74) is 0.318. The second-order valence-corrected chi connectivity index (χ2v) is 3.97. The van der Waals surface area contributed by atoms with Crippen LogP contribution >= 0.6 is 11.6 Å². The Labute approximate surface area is 106 Å². The molecule has 0 saturated heterocycles. The first-order valence-corrected chi connectivity index (χ1v) is 5.74. The number of anilines is 1. The minimum atomic E-state index is 0.106. The number of hydrogen-bond acceptors (Lipinski definition) is 5. The van der Waals surface area contributed by atoms with E-state index in [1.54, 1.807) is 7.11 Å². The summed E-state index contributed by atoms with van der Waals surface area (Å²) in [6.45, 7) is 5.24. The molecule has 0 aliphatic carbocycles. The van der Waals surface area contributed by atoms with Gasteiger partial charge in [0, 0.05) is 13.7 Å². The summed E-state index contributed by atoms with van der Waals surface area (Å²) in [7, 11) is 1.64. The minimum absolute atomic E-state index is 0.106. The van der Waals surface area contributed by atoms with E-state index in [0.29, 0.717) is 30.8 Å². The molecule has 0 aromatic carbocycles. The minimum Gasteiger partial charge on any atom is -0.383 e. The normalized spacial score (nSPS) is 12.2. The molecule has 0 aliphatic rings. The number of likely N-dealkylation sites (N-methyl/N-ethyl adjacent to an activating group) is 1. The lowest BCUT2D eigenvalue weighted by molar-refractivity contribution is 0.112. The van der Waals surface area contributed by atoms with E-state index in [2.05, 4.69) is 9.97 Å². The molecule has 0 amide bonds. The zero-order valence-electron chi connectivity index (χ0n) is 10.2. The van der Waals surface area contributed by atoms with Gasteiger partial charge in [-0.15, -0.1) is 0 Å². The number of aromatic nitrogens is 2. The highest BCUT2D eigenvalue weighted by atomic mass is 35.5. The summed E-state index contributed by atoms with van der Waals surface area (Å²) in [5.74, 6) is 0.548. The van der Waals surface area contributed by atoms with E-state index in [1.807, 2.05) is 18.7 Å². The molecule has 0 aliphatic heterocycles. The average molecular weight is 258 g/mol. The lowest BCUT2D eigenvalue weighted by atomic mass is 10.2. The van der Waals surface area contributed by atoms with Crippen LogP contribution in [0, 0.1) is 0 Å². The van der Waals surface area contributed by atoms with E-state index in [1.165, 1.54) is 6.33 Å². The fourth-order valence-corrected chi connectivity index (χ4v) is 1.87. The molecule has 6 heteroatoms. The molecular formula is C11H16ClN3O2. The molecule has 5 nitrogen and oxygen atoms in total. The highest BCUT2D eigenvalue weighted by Crippen LogP contribution is 2.22. The number of rotatable bonds is 6. The zero-order chi connectivity index (χ0) is 12.8. The summed E-state index contributed by atoms with van der Waals surface area (Å²) >= 11 is 5.87. The standard InChI is InChI=1S/C11H16ClN3O2/c1-4-15(8(2)6-17-3)11-9(5-16)10(12)13-7-14-11/h5,7-8H,4,6H2,1-3H3. The van der Waals surface area contributed by atoms with Crippen molar-refractivity contribution in [1.29, 1.82) is 0 Å². The Kier molecular flexibility index (Phi) is 5.31. The van der Waals surface area contributed by atoms with Crippen molar-refractivity contribution in [2.45, 2.75) is 19.9 Å². The predicted octanol–water partition coefficient (Wildman–Crippen LogP) is 1.80. The molecule has 0 bridgehead atoms. The van der Waals surface area contributed by atoms with Gasteiger partial charge in [-0.05, 0) is 13.8 Å². The molecule has 0 fully saturated rings. The lowest BCUT2D eigenvalue weighted by Crippen LogP contribution is -2.37. The second kappa shape index (κ2) is 6.51. The fraction of sp³-hybridized carbons (Fsp3) is 0.545. The van der Waals surface area contributed by atoms with Crippen molar-refractivity contribution in [3.05, 3.63) is 17.0 Å². The van der Waals surface area contributed by atoms with Crippen LogP contribution in [0.5, 0.6) is 0 Å². The maximum Gasteiger partial charge on any atom is 0.156 e. The highest BCUT2D eigenvalue weighted by Gasteiger charge is 2.19. The van der Waals surface area contributed by atoms with Crippen LogP contribution in [0.3, 0.4) is 0 Å². The number of carbonyl (C=O) groups is 1. The van der Waals surface area contributed by atoms with Crippen molar-refractivity contribution in [2.24, 2.45) is 0 Å². The molecule has 0 saturated carbocycles. The second-order valence-electron chi connectivity index (χ2n) is 3.61. The van der Waals surface area contributed by atoms with Crippen LogP contribution in [0.2, 0.25) is 5.15 Å². The van der Waals surface area contributed by atoms with Gasteiger partial charge in [0.1, 0.15) is 17.3 Å². The maximum atomic E-state index is 11.0. The number of halogens is 1. The third kappa shape index (κ3) is 3.14. The number of aldehydes is 1. The molecule has 1 atom stereocenters. The first kappa shape index (κ1) is 13.9. The molecule has 1 unspecified atom stereocenters. The topological polar surface area (TPSA) is 55.3 Å². The van der Waals surface area contributed by atoms with Gasteiger partial charge in [-0.1, -0.05) is 11.6 Å². The summed E-state index contributed by atoms with van der Waals surface area (Å²) in [6, 6.07) is 0.106. The van der Waals surface area contributed by atoms with Gasteiger partial charge in [0.2, 0.25) is 0 Å². The lowest BCUT2D eigenvalue weighted by Gasteiger charge is -2.29. The fourth-order valence-electron chi connectivity index (χ4n) is 1.70. The SMILES string of the molecule is CCN(c1ncnc(Cl)c1C=O)C(C)COC. The highest BCUT2D eigenvalue weighted by molar-refractivity contribution is 6.32. The monoisotopic (exact) mass is 257 g/mol. The van der Waals surface area contributed by atoms with Crippen LogP contribution in [0.1, 0.15) is 24.2 Å². The van der Waals surface area contributed by atoms with Crippen LogP contribution in [-0.2, 0) is 4.74 Å². The first-order valence-electron chi connectivity index (χ1n) is 5.36.